The van der Waals surface area contributed by atoms with Gasteiger partial charge in [-0.1, -0.05) is 36.4 Å². The fraction of sp³-hybridized carbons (Fsp3) is 0.182. The Morgan fingerprint density at radius 1 is 1.17 bits per heavy atom. The van der Waals surface area contributed by atoms with Crippen molar-refractivity contribution in [3.05, 3.63) is 70.1 Å². The van der Waals surface area contributed by atoms with Gasteiger partial charge in [0.1, 0.15) is 18.9 Å². The Morgan fingerprint density at radius 2 is 1.90 bits per heavy atom. The van der Waals surface area contributed by atoms with Gasteiger partial charge < -0.3 is 9.47 Å². The number of carbonyl (C=O) groups is 3. The predicted octanol–water partition coefficient (Wildman–Crippen LogP) is 3.74. The first-order valence-corrected chi connectivity index (χ1v) is 9.96. The maximum Gasteiger partial charge on any atom is 0.326 e. The van der Waals surface area contributed by atoms with Crippen LogP contribution < -0.4 is 4.74 Å². The lowest BCUT2D eigenvalue weighted by Crippen LogP contribution is -2.34. The second-order valence-corrected chi connectivity index (χ2v) is 7.16. The summed E-state index contributed by atoms with van der Waals surface area (Å²) >= 11 is 0.758. The summed E-state index contributed by atoms with van der Waals surface area (Å²) in [5, 5.41) is 8.68. The van der Waals surface area contributed by atoms with Gasteiger partial charge in [-0.2, -0.15) is 5.26 Å². The van der Waals surface area contributed by atoms with E-state index in [1.165, 1.54) is 0 Å². The lowest BCUT2D eigenvalue weighted by Gasteiger charge is -2.11. The molecule has 1 fully saturated rings. The lowest BCUT2D eigenvalue weighted by molar-refractivity contribution is -0.145. The van der Waals surface area contributed by atoms with E-state index < -0.39 is 23.7 Å². The first-order valence-electron chi connectivity index (χ1n) is 9.14. The van der Waals surface area contributed by atoms with E-state index >= 15 is 0 Å². The van der Waals surface area contributed by atoms with Gasteiger partial charge in [-0.05, 0) is 36.9 Å². The normalized spacial score (nSPS) is 14.7. The van der Waals surface area contributed by atoms with Gasteiger partial charge in [-0.3, -0.25) is 19.3 Å². The van der Waals surface area contributed by atoms with Gasteiger partial charge in [0.25, 0.3) is 11.1 Å². The molecule has 0 bridgehead atoms. The van der Waals surface area contributed by atoms with Crippen LogP contribution in [0, 0.1) is 11.3 Å². The van der Waals surface area contributed by atoms with E-state index in [1.54, 1.807) is 49.4 Å². The molecule has 8 heteroatoms. The quantitative estimate of drug-likeness (QED) is 0.495. The maximum absolute atomic E-state index is 12.6. The Kier molecular flexibility index (Phi) is 6.88. The number of benzene rings is 2. The smallest absolute Gasteiger partial charge is 0.326 e. The minimum absolute atomic E-state index is 0.171. The molecule has 1 aliphatic heterocycles. The highest BCUT2D eigenvalue weighted by molar-refractivity contribution is 8.18. The molecule has 0 aliphatic carbocycles. The predicted molar refractivity (Wildman–Crippen MR) is 111 cm³/mol. The zero-order valence-electron chi connectivity index (χ0n) is 16.2. The third kappa shape index (κ3) is 4.88. The fourth-order valence-electron chi connectivity index (χ4n) is 2.76. The highest BCUT2D eigenvalue weighted by Gasteiger charge is 2.36. The molecule has 2 aromatic rings. The van der Waals surface area contributed by atoms with E-state index in [1.807, 2.05) is 12.1 Å². The van der Waals surface area contributed by atoms with Gasteiger partial charge in [0.2, 0.25) is 0 Å². The standard InChI is InChI=1S/C22H18N2O5S/c1-2-28-20(25)13-24-21(26)19(30-22(24)27)11-15-7-5-6-10-18(15)29-14-17-9-4-3-8-16(17)12-23/h3-11H,2,13-14H2,1H3/b19-11+. The van der Waals surface area contributed by atoms with Gasteiger partial charge in [-0.15, -0.1) is 0 Å². The van der Waals surface area contributed by atoms with E-state index in [0.717, 1.165) is 22.2 Å². The molecule has 0 atom stereocenters. The zero-order valence-corrected chi connectivity index (χ0v) is 17.0. The topological polar surface area (TPSA) is 96.7 Å². The van der Waals surface area contributed by atoms with E-state index in [-0.39, 0.29) is 18.1 Å². The average molecular weight is 422 g/mol. The molecule has 1 saturated heterocycles. The van der Waals surface area contributed by atoms with Crippen molar-refractivity contribution >= 4 is 35.0 Å². The van der Waals surface area contributed by atoms with E-state index in [0.29, 0.717) is 16.9 Å². The number of ether oxygens (including phenoxy) is 2. The maximum atomic E-state index is 12.6. The van der Waals surface area contributed by atoms with Crippen LogP contribution in [0.5, 0.6) is 5.75 Å². The molecule has 1 aliphatic rings. The summed E-state index contributed by atoms with van der Waals surface area (Å²) in [7, 11) is 0. The summed E-state index contributed by atoms with van der Waals surface area (Å²) in [5.41, 5.74) is 1.87. The number of nitrogens with zero attached hydrogens (tertiary/aromatic N) is 2. The molecule has 2 amide bonds. The van der Waals surface area contributed by atoms with Crippen molar-refractivity contribution in [3.8, 4) is 11.8 Å². The lowest BCUT2D eigenvalue weighted by atomic mass is 10.1. The number of amides is 2. The molecule has 7 nitrogen and oxygen atoms in total. The molecule has 152 valence electrons. The minimum atomic E-state index is -0.638. The summed E-state index contributed by atoms with van der Waals surface area (Å²) in [5.74, 6) is -0.689. The van der Waals surface area contributed by atoms with E-state index in [4.69, 9.17) is 9.47 Å². The summed E-state index contributed by atoms with van der Waals surface area (Å²) in [4.78, 5) is 37.4. The molecule has 1 heterocycles. The SMILES string of the molecule is CCOC(=O)CN1C(=O)S/C(=C/c2ccccc2OCc2ccccc2C#N)C1=O. The number of esters is 1. The molecule has 30 heavy (non-hydrogen) atoms. The molecule has 0 aromatic heterocycles. The molecule has 0 saturated carbocycles. The molecule has 3 rings (SSSR count). The van der Waals surface area contributed by atoms with Gasteiger partial charge in [0.05, 0.1) is 23.1 Å². The molecule has 0 spiro atoms. The van der Waals surface area contributed by atoms with E-state index in [2.05, 4.69) is 6.07 Å². The number of imide groups is 1. The Hall–Kier alpha value is -3.57. The first kappa shape index (κ1) is 21.1. The number of carbonyl (C=O) groups excluding carboxylic acids is 3. The van der Waals surface area contributed by atoms with Crippen LogP contribution in [-0.4, -0.2) is 35.2 Å². The van der Waals surface area contributed by atoms with Gasteiger partial charge >= 0.3 is 5.97 Å². The number of thioether (sulfide) groups is 1. The van der Waals surface area contributed by atoms with Crippen LogP contribution in [-0.2, 0) is 20.9 Å². The number of nitriles is 1. The van der Waals surface area contributed by atoms with Crippen molar-refractivity contribution in [2.75, 3.05) is 13.2 Å². The van der Waals surface area contributed by atoms with Gasteiger partial charge in [0.15, 0.2) is 0 Å². The Bertz CT molecular complexity index is 1060. The van der Waals surface area contributed by atoms with Crippen molar-refractivity contribution in [3.63, 3.8) is 0 Å². The fourth-order valence-corrected chi connectivity index (χ4v) is 3.58. The Morgan fingerprint density at radius 3 is 2.67 bits per heavy atom. The first-order chi connectivity index (χ1) is 14.5. The third-order valence-corrected chi connectivity index (χ3v) is 5.10. The van der Waals surface area contributed by atoms with Crippen LogP contribution in [0.2, 0.25) is 0 Å². The minimum Gasteiger partial charge on any atom is -0.488 e. The van der Waals surface area contributed by atoms with Crippen LogP contribution in [0.3, 0.4) is 0 Å². The van der Waals surface area contributed by atoms with Crippen molar-refractivity contribution in [1.82, 2.24) is 4.90 Å². The summed E-state index contributed by atoms with van der Waals surface area (Å²) in [6, 6.07) is 16.3. The summed E-state index contributed by atoms with van der Waals surface area (Å²) < 4.78 is 10.7. The summed E-state index contributed by atoms with van der Waals surface area (Å²) in [6.07, 6.45) is 1.56. The van der Waals surface area contributed by atoms with Crippen molar-refractivity contribution in [2.45, 2.75) is 13.5 Å². The summed E-state index contributed by atoms with van der Waals surface area (Å²) in [6.45, 7) is 1.58. The van der Waals surface area contributed by atoms with Crippen molar-refractivity contribution < 1.29 is 23.9 Å². The molecular weight excluding hydrogens is 404 g/mol. The molecule has 2 aromatic carbocycles. The molecule has 0 unspecified atom stereocenters. The number of para-hydroxylation sites is 1. The van der Waals surface area contributed by atoms with Crippen LogP contribution in [0.1, 0.15) is 23.6 Å². The molecule has 0 radical (unpaired) electrons. The number of hydrogen-bond donors (Lipinski definition) is 0. The second-order valence-electron chi connectivity index (χ2n) is 6.17. The molecule has 0 N–H and O–H groups in total. The number of hydrogen-bond acceptors (Lipinski definition) is 7. The zero-order chi connectivity index (χ0) is 21.5. The third-order valence-electron chi connectivity index (χ3n) is 4.19. The van der Waals surface area contributed by atoms with Gasteiger partial charge in [-0.25, -0.2) is 0 Å². The monoisotopic (exact) mass is 422 g/mol. The van der Waals surface area contributed by atoms with Crippen LogP contribution in [0.15, 0.2) is 53.4 Å². The van der Waals surface area contributed by atoms with Crippen LogP contribution in [0.4, 0.5) is 4.79 Å². The van der Waals surface area contributed by atoms with Crippen LogP contribution in [0.25, 0.3) is 6.08 Å². The number of rotatable bonds is 7. The van der Waals surface area contributed by atoms with Crippen LogP contribution >= 0.6 is 11.8 Å². The highest BCUT2D eigenvalue weighted by Crippen LogP contribution is 2.34. The highest BCUT2D eigenvalue weighted by atomic mass is 32.2. The Balaban J connectivity index is 1.78. The Labute approximate surface area is 177 Å². The average Bonchev–Trinajstić information content (AvgIpc) is 3.01. The van der Waals surface area contributed by atoms with Gasteiger partial charge in [0, 0.05) is 11.1 Å². The second kappa shape index (κ2) is 9.76. The van der Waals surface area contributed by atoms with Crippen molar-refractivity contribution in [1.29, 1.82) is 5.26 Å². The molecular formula is C22H18N2O5S. The largest absolute Gasteiger partial charge is 0.488 e. The van der Waals surface area contributed by atoms with Crippen molar-refractivity contribution in [2.24, 2.45) is 0 Å². The van der Waals surface area contributed by atoms with E-state index in [9.17, 15) is 19.6 Å².